The van der Waals surface area contributed by atoms with Crippen LogP contribution in [0.25, 0.3) is 16.0 Å². The van der Waals surface area contributed by atoms with E-state index >= 15 is 0 Å². The van der Waals surface area contributed by atoms with Gasteiger partial charge in [-0.15, -0.1) is 11.8 Å². The number of amides is 1. The lowest BCUT2D eigenvalue weighted by Gasteiger charge is -2.38. The summed E-state index contributed by atoms with van der Waals surface area (Å²) in [6, 6.07) is 15.5. The minimum absolute atomic E-state index is 0.00812. The second kappa shape index (κ2) is 18.6. The Balaban J connectivity index is 1.46. The van der Waals surface area contributed by atoms with E-state index in [0.29, 0.717) is 28.7 Å². The number of ether oxygens (including phenoxy) is 2. The van der Waals surface area contributed by atoms with Crippen molar-refractivity contribution < 1.29 is 28.2 Å². The first-order valence-corrected chi connectivity index (χ1v) is 19.1. The zero-order valence-corrected chi connectivity index (χ0v) is 31.4. The molecule has 0 bridgehead atoms. The van der Waals surface area contributed by atoms with Gasteiger partial charge in [-0.2, -0.15) is 0 Å². The van der Waals surface area contributed by atoms with Crippen LogP contribution in [-0.2, 0) is 25.1 Å². The third-order valence-electron chi connectivity index (χ3n) is 8.24. The maximum Gasteiger partial charge on any atom is 0.274 e. The molecule has 0 radical (unpaired) electrons. The number of aromatic nitrogens is 4. The maximum absolute atomic E-state index is 13.0. The van der Waals surface area contributed by atoms with Crippen molar-refractivity contribution >= 4 is 48.9 Å². The number of benzene rings is 2. The van der Waals surface area contributed by atoms with Crippen LogP contribution in [0.3, 0.4) is 0 Å². The summed E-state index contributed by atoms with van der Waals surface area (Å²) in [6.07, 6.45) is 2.09. The van der Waals surface area contributed by atoms with E-state index < -0.39 is 25.8 Å². The van der Waals surface area contributed by atoms with Gasteiger partial charge in [-0.05, 0) is 52.3 Å². The fourth-order valence-corrected chi connectivity index (χ4v) is 8.92. The van der Waals surface area contributed by atoms with E-state index in [-0.39, 0.29) is 66.5 Å². The van der Waals surface area contributed by atoms with Gasteiger partial charge in [0.15, 0.2) is 23.2 Å². The molecule has 2 unspecified atom stereocenters. The van der Waals surface area contributed by atoms with Crippen molar-refractivity contribution in [2.45, 2.75) is 83.4 Å². The molecule has 1 amide bonds. The van der Waals surface area contributed by atoms with Crippen LogP contribution in [0.1, 0.15) is 63.2 Å². The average Bonchev–Trinajstić information content (AvgIpc) is 3.71. The molecule has 1 N–H and O–H groups in total. The molecule has 17 heteroatoms. The molecule has 5 atom stereocenters. The smallest absolute Gasteiger partial charge is 0.274 e. The van der Waals surface area contributed by atoms with Crippen LogP contribution in [0.4, 0.5) is 11.5 Å². The van der Waals surface area contributed by atoms with Crippen molar-refractivity contribution in [3.63, 3.8) is 0 Å². The van der Waals surface area contributed by atoms with E-state index in [1.165, 1.54) is 24.2 Å². The summed E-state index contributed by atoms with van der Waals surface area (Å²) in [7, 11) is -1.62. The number of imidazole rings is 1. The predicted molar refractivity (Wildman–Crippen MR) is 199 cm³/mol. The molecular formula is C35H43N8O7PS. The van der Waals surface area contributed by atoms with Crippen LogP contribution in [-0.4, -0.2) is 83.7 Å². The van der Waals surface area contributed by atoms with Gasteiger partial charge >= 0.3 is 0 Å². The van der Waals surface area contributed by atoms with Gasteiger partial charge in [0.1, 0.15) is 19.0 Å². The van der Waals surface area contributed by atoms with Gasteiger partial charge in [0.05, 0.1) is 40.7 Å². The van der Waals surface area contributed by atoms with Gasteiger partial charge in [-0.25, -0.2) is 26.2 Å². The zero-order valence-electron chi connectivity index (χ0n) is 29.7. The number of nitrogens with one attached hydrogen (secondary N) is 1. The summed E-state index contributed by atoms with van der Waals surface area (Å²) < 4.78 is 30.0. The highest BCUT2D eigenvalue weighted by atomic mass is 32.2. The Hall–Kier alpha value is -4.07. The number of hydrogen-bond acceptors (Lipinski definition) is 12. The van der Waals surface area contributed by atoms with Crippen LogP contribution in [0, 0.1) is 16.7 Å². The normalized spacial score (nSPS) is 19.4. The van der Waals surface area contributed by atoms with Crippen LogP contribution >= 0.6 is 20.3 Å². The number of hydrogen-bond donors (Lipinski definition) is 1. The Labute approximate surface area is 308 Å². The number of nitro benzene ring substituents is 1. The second-order valence-electron chi connectivity index (χ2n) is 12.4. The standard InChI is InChI=1S/C35H43N8O7PS/c1-7-28-30(50-51(48-18-17-36-6)42(23(2)3)24(4)5)31(52-22-47-19-26-15-11-12-16-27(26)43(45)46)35(49-28)41-21-39-29-32(37-20-38-33(29)41)40-34(44)25-13-9-8-10-14-25/h8-16,20-21,23-24,28,30-31,35H,7,17-19,22H2,1-5H3,(H,37,38,40,44)/t28-,30+,31?,35-,51?/m1/s1. The SMILES string of the molecule is [C-]#[N+]CCOP(O[C@@H]1C(SCOCc2ccccc2[N+](=O)[O-])[C@H](n2cnc3c(NC(=O)c4ccccc4)ncnc32)O[C@@H]1CC)N(C(C)C)C(C)C. The van der Waals surface area contributed by atoms with E-state index in [1.807, 2.05) is 17.6 Å². The highest BCUT2D eigenvalue weighted by Gasteiger charge is 2.49. The van der Waals surface area contributed by atoms with Gasteiger partial charge in [0.2, 0.25) is 6.54 Å². The molecule has 1 aliphatic rings. The fourth-order valence-electron chi connectivity index (χ4n) is 5.95. The first-order chi connectivity index (χ1) is 25.1. The lowest BCUT2D eigenvalue weighted by atomic mass is 10.1. The topological polar surface area (TPSA) is 160 Å². The number of carbonyl (C=O) groups excluding carboxylic acids is 1. The minimum atomic E-state index is -1.62. The van der Waals surface area contributed by atoms with Crippen molar-refractivity contribution in [3.05, 3.63) is 99.9 Å². The van der Waals surface area contributed by atoms with Crippen LogP contribution in [0.15, 0.2) is 67.3 Å². The number of anilines is 1. The van der Waals surface area contributed by atoms with Crippen LogP contribution in [0.2, 0.25) is 0 Å². The molecular weight excluding hydrogens is 707 g/mol. The number of rotatable bonds is 18. The van der Waals surface area contributed by atoms with Gasteiger partial charge in [-0.1, -0.05) is 37.3 Å². The summed E-state index contributed by atoms with van der Waals surface area (Å²) in [4.78, 5) is 41.1. The Bertz CT molecular complexity index is 1830. The van der Waals surface area contributed by atoms with Crippen molar-refractivity contribution in [1.29, 1.82) is 0 Å². The van der Waals surface area contributed by atoms with Crippen molar-refractivity contribution in [2.24, 2.45) is 0 Å². The molecule has 1 aliphatic heterocycles. The molecule has 15 nitrogen and oxygen atoms in total. The molecule has 52 heavy (non-hydrogen) atoms. The summed E-state index contributed by atoms with van der Waals surface area (Å²) in [6.45, 7) is 18.1. The van der Waals surface area contributed by atoms with E-state index in [9.17, 15) is 14.9 Å². The van der Waals surface area contributed by atoms with E-state index in [4.69, 9.17) is 25.1 Å². The van der Waals surface area contributed by atoms with Gasteiger partial charge in [0, 0.05) is 23.7 Å². The first-order valence-electron chi connectivity index (χ1n) is 17.0. The molecule has 276 valence electrons. The lowest BCUT2D eigenvalue weighted by molar-refractivity contribution is -0.385. The molecule has 0 aliphatic carbocycles. The predicted octanol–water partition coefficient (Wildman–Crippen LogP) is 7.24. The monoisotopic (exact) mass is 750 g/mol. The molecule has 1 saturated heterocycles. The highest BCUT2D eigenvalue weighted by Crippen LogP contribution is 2.52. The minimum Gasteiger partial charge on any atom is -0.366 e. The zero-order chi connectivity index (χ0) is 37.2. The third kappa shape index (κ3) is 9.28. The number of para-hydroxylation sites is 1. The summed E-state index contributed by atoms with van der Waals surface area (Å²) in [5, 5.41) is 14.1. The van der Waals surface area contributed by atoms with Crippen molar-refractivity contribution in [3.8, 4) is 0 Å². The number of thioether (sulfide) groups is 1. The first kappa shape index (κ1) is 39.1. The van der Waals surface area contributed by atoms with Crippen molar-refractivity contribution in [2.75, 3.05) is 24.4 Å². The quantitative estimate of drug-likeness (QED) is 0.0272. The third-order valence-corrected chi connectivity index (χ3v) is 11.6. The Morgan fingerprint density at radius 3 is 2.56 bits per heavy atom. The highest BCUT2D eigenvalue weighted by molar-refractivity contribution is 7.99. The fraction of sp³-hybridized carbons (Fsp3) is 0.457. The van der Waals surface area contributed by atoms with Gasteiger partial charge < -0.3 is 28.7 Å². The number of carbonyl (C=O) groups is 1. The van der Waals surface area contributed by atoms with E-state index in [0.717, 1.165) is 0 Å². The van der Waals surface area contributed by atoms with Gasteiger partial charge in [-0.3, -0.25) is 19.5 Å². The molecule has 3 heterocycles. The number of nitrogens with zero attached hydrogens (tertiary/aromatic N) is 7. The van der Waals surface area contributed by atoms with E-state index in [1.54, 1.807) is 48.8 Å². The molecule has 2 aromatic heterocycles. The Morgan fingerprint density at radius 1 is 1.13 bits per heavy atom. The Morgan fingerprint density at radius 2 is 1.87 bits per heavy atom. The largest absolute Gasteiger partial charge is 0.366 e. The lowest BCUT2D eigenvalue weighted by Crippen LogP contribution is -2.38. The number of fused-ring (bicyclic) bond motifs is 1. The molecule has 5 rings (SSSR count). The second-order valence-corrected chi connectivity index (χ2v) is 14.9. The summed E-state index contributed by atoms with van der Waals surface area (Å²) >= 11 is 1.45. The summed E-state index contributed by atoms with van der Waals surface area (Å²) in [5.41, 5.74) is 1.77. The Kier molecular flexibility index (Phi) is 14.0. The van der Waals surface area contributed by atoms with Crippen LogP contribution in [0.5, 0.6) is 0 Å². The van der Waals surface area contributed by atoms with Crippen molar-refractivity contribution in [1.82, 2.24) is 24.2 Å². The van der Waals surface area contributed by atoms with Gasteiger partial charge in [0.25, 0.3) is 20.1 Å². The van der Waals surface area contributed by atoms with E-state index in [2.05, 4.69) is 57.5 Å². The maximum atomic E-state index is 13.0. The molecule has 0 saturated carbocycles. The van der Waals surface area contributed by atoms with Crippen LogP contribution < -0.4 is 5.32 Å². The molecule has 0 spiro atoms. The average molecular weight is 751 g/mol. The number of nitro groups is 1. The molecule has 1 fully saturated rings. The molecule has 4 aromatic rings. The molecule has 2 aromatic carbocycles. The summed E-state index contributed by atoms with van der Waals surface area (Å²) in [5.74, 6) is 0.0951.